The minimum atomic E-state index is 0.500. The van der Waals surface area contributed by atoms with Gasteiger partial charge in [-0.3, -0.25) is 4.98 Å². The van der Waals surface area contributed by atoms with Gasteiger partial charge in [0.2, 0.25) is 0 Å². The average molecular weight is 347 g/mol. The first-order chi connectivity index (χ1) is 10.2. The molecule has 3 nitrogen and oxygen atoms in total. The first-order valence-electron chi connectivity index (χ1n) is 7.28. The molecule has 3 rings (SSSR count). The van der Waals surface area contributed by atoms with Crippen molar-refractivity contribution >= 4 is 15.9 Å². The second-order valence-electron chi connectivity index (χ2n) is 5.47. The van der Waals surface area contributed by atoms with Crippen molar-refractivity contribution in [3.8, 4) is 5.75 Å². The van der Waals surface area contributed by atoms with Crippen LogP contribution >= 0.6 is 15.9 Å². The summed E-state index contributed by atoms with van der Waals surface area (Å²) in [7, 11) is 0. The molecule has 1 saturated carbocycles. The molecule has 110 valence electrons. The van der Waals surface area contributed by atoms with Crippen molar-refractivity contribution in [2.45, 2.75) is 39.0 Å². The molecule has 1 aromatic carbocycles. The Morgan fingerprint density at radius 2 is 2.14 bits per heavy atom. The molecule has 1 fully saturated rings. The zero-order valence-corrected chi connectivity index (χ0v) is 13.7. The predicted molar refractivity (Wildman–Crippen MR) is 87.3 cm³/mol. The van der Waals surface area contributed by atoms with Crippen molar-refractivity contribution < 1.29 is 4.74 Å². The van der Waals surface area contributed by atoms with Gasteiger partial charge in [0.05, 0.1) is 5.69 Å². The molecule has 1 N–H and O–H groups in total. The van der Waals surface area contributed by atoms with Gasteiger partial charge in [-0.15, -0.1) is 0 Å². The normalized spacial score (nSPS) is 14.2. The van der Waals surface area contributed by atoms with Crippen LogP contribution < -0.4 is 10.1 Å². The molecule has 2 aromatic rings. The van der Waals surface area contributed by atoms with Crippen LogP contribution in [0.3, 0.4) is 0 Å². The zero-order valence-electron chi connectivity index (χ0n) is 12.1. The third-order valence-corrected chi connectivity index (χ3v) is 4.00. The van der Waals surface area contributed by atoms with Crippen LogP contribution in [0.5, 0.6) is 5.75 Å². The smallest absolute Gasteiger partial charge is 0.130 e. The summed E-state index contributed by atoms with van der Waals surface area (Å²) in [6, 6.07) is 12.8. The summed E-state index contributed by atoms with van der Waals surface area (Å²) in [4.78, 5) is 4.47. The molecule has 1 aromatic heterocycles. The summed E-state index contributed by atoms with van der Waals surface area (Å²) in [6.45, 7) is 3.34. The summed E-state index contributed by atoms with van der Waals surface area (Å²) < 4.78 is 7.04. The number of nitrogens with zero attached hydrogens (tertiary/aromatic N) is 1. The molecule has 0 unspecified atom stereocenters. The van der Waals surface area contributed by atoms with Gasteiger partial charge in [0, 0.05) is 28.3 Å². The highest BCUT2D eigenvalue weighted by Crippen LogP contribution is 2.26. The minimum Gasteiger partial charge on any atom is -0.487 e. The van der Waals surface area contributed by atoms with E-state index in [9.17, 15) is 0 Å². The van der Waals surface area contributed by atoms with Gasteiger partial charge in [0.25, 0.3) is 0 Å². The minimum absolute atomic E-state index is 0.500. The molecule has 0 amide bonds. The van der Waals surface area contributed by atoms with Crippen LogP contribution in [0.4, 0.5) is 0 Å². The van der Waals surface area contributed by atoms with E-state index in [0.717, 1.165) is 28.2 Å². The van der Waals surface area contributed by atoms with Crippen LogP contribution in [0, 0.1) is 6.92 Å². The van der Waals surface area contributed by atoms with Gasteiger partial charge >= 0.3 is 0 Å². The van der Waals surface area contributed by atoms with Gasteiger partial charge in [-0.1, -0.05) is 22.0 Å². The van der Waals surface area contributed by atoms with Gasteiger partial charge in [-0.05, 0) is 50.1 Å². The molecule has 0 bridgehead atoms. The molecule has 4 heteroatoms. The summed E-state index contributed by atoms with van der Waals surface area (Å²) in [5, 5.41) is 3.53. The number of hydrogen-bond donors (Lipinski definition) is 1. The summed E-state index contributed by atoms with van der Waals surface area (Å²) >= 11 is 3.53. The van der Waals surface area contributed by atoms with E-state index >= 15 is 0 Å². The van der Waals surface area contributed by atoms with E-state index in [1.54, 1.807) is 0 Å². The van der Waals surface area contributed by atoms with Crippen LogP contribution in [0.1, 0.15) is 29.8 Å². The Morgan fingerprint density at radius 1 is 1.29 bits per heavy atom. The van der Waals surface area contributed by atoms with Crippen molar-refractivity contribution in [1.29, 1.82) is 0 Å². The van der Waals surface area contributed by atoms with Gasteiger partial charge in [0.1, 0.15) is 12.4 Å². The third-order valence-electron chi connectivity index (χ3n) is 3.50. The molecule has 1 heterocycles. The summed E-state index contributed by atoms with van der Waals surface area (Å²) in [5.74, 6) is 0.926. The van der Waals surface area contributed by atoms with Crippen LogP contribution in [0.25, 0.3) is 0 Å². The maximum atomic E-state index is 5.96. The van der Waals surface area contributed by atoms with Gasteiger partial charge in [0.15, 0.2) is 0 Å². The molecular weight excluding hydrogens is 328 g/mol. The first-order valence-corrected chi connectivity index (χ1v) is 8.07. The lowest BCUT2D eigenvalue weighted by molar-refractivity contribution is 0.297. The van der Waals surface area contributed by atoms with E-state index in [-0.39, 0.29) is 0 Å². The monoisotopic (exact) mass is 346 g/mol. The Morgan fingerprint density at radius 3 is 2.90 bits per heavy atom. The van der Waals surface area contributed by atoms with Crippen molar-refractivity contribution in [2.75, 3.05) is 0 Å². The average Bonchev–Trinajstić information content (AvgIpc) is 3.28. The van der Waals surface area contributed by atoms with Crippen molar-refractivity contribution in [3.63, 3.8) is 0 Å². The Labute approximate surface area is 133 Å². The molecule has 0 saturated heterocycles. The quantitative estimate of drug-likeness (QED) is 0.858. The van der Waals surface area contributed by atoms with E-state index in [0.29, 0.717) is 12.6 Å². The molecule has 0 atom stereocenters. The van der Waals surface area contributed by atoms with Crippen molar-refractivity contribution in [2.24, 2.45) is 0 Å². The zero-order chi connectivity index (χ0) is 14.7. The van der Waals surface area contributed by atoms with Gasteiger partial charge in [-0.25, -0.2) is 0 Å². The first kappa shape index (κ1) is 14.5. The Bertz CT molecular complexity index is 626. The molecular formula is C17H19BrN2O. The number of aryl methyl sites for hydroxylation is 1. The second-order valence-corrected chi connectivity index (χ2v) is 6.38. The van der Waals surface area contributed by atoms with Crippen LogP contribution in [-0.2, 0) is 13.2 Å². The highest BCUT2D eigenvalue weighted by Gasteiger charge is 2.20. The fourth-order valence-corrected chi connectivity index (χ4v) is 2.61. The molecule has 0 aliphatic heterocycles. The lowest BCUT2D eigenvalue weighted by atomic mass is 10.2. The Hall–Kier alpha value is -1.39. The maximum Gasteiger partial charge on any atom is 0.130 e. The highest BCUT2D eigenvalue weighted by atomic mass is 79.9. The highest BCUT2D eigenvalue weighted by molar-refractivity contribution is 9.10. The molecule has 1 aliphatic carbocycles. The lowest BCUT2D eigenvalue weighted by Crippen LogP contribution is -2.16. The van der Waals surface area contributed by atoms with Crippen molar-refractivity contribution in [3.05, 3.63) is 57.8 Å². The second kappa shape index (κ2) is 6.58. The topological polar surface area (TPSA) is 34.1 Å². The number of benzene rings is 1. The third kappa shape index (κ3) is 4.29. The number of ether oxygens (including phenoxy) is 1. The van der Waals surface area contributed by atoms with E-state index in [4.69, 9.17) is 4.74 Å². The van der Waals surface area contributed by atoms with E-state index in [1.165, 1.54) is 18.4 Å². The van der Waals surface area contributed by atoms with Gasteiger partial charge in [-0.2, -0.15) is 0 Å². The van der Waals surface area contributed by atoms with E-state index in [1.807, 2.05) is 37.3 Å². The standard InChI is InChI=1S/C17H19BrN2O/c1-12-3-2-4-16(20-12)11-21-17-8-5-14(18)9-13(17)10-19-15-6-7-15/h2-5,8-9,15,19H,6-7,10-11H2,1H3. The van der Waals surface area contributed by atoms with E-state index < -0.39 is 0 Å². The molecule has 0 radical (unpaired) electrons. The van der Waals surface area contributed by atoms with E-state index in [2.05, 4.69) is 32.3 Å². The number of nitrogens with one attached hydrogen (secondary N) is 1. The van der Waals surface area contributed by atoms with Gasteiger partial charge < -0.3 is 10.1 Å². The Balaban J connectivity index is 1.68. The fourth-order valence-electron chi connectivity index (χ4n) is 2.20. The van der Waals surface area contributed by atoms with Crippen LogP contribution in [0.2, 0.25) is 0 Å². The molecule has 21 heavy (non-hydrogen) atoms. The maximum absolute atomic E-state index is 5.96. The predicted octanol–water partition coefficient (Wildman–Crippen LogP) is 3.98. The lowest BCUT2D eigenvalue weighted by Gasteiger charge is -2.12. The number of hydrogen-bond acceptors (Lipinski definition) is 3. The number of pyridine rings is 1. The summed E-state index contributed by atoms with van der Waals surface area (Å²) in [5.41, 5.74) is 3.16. The fraction of sp³-hybridized carbons (Fsp3) is 0.353. The summed E-state index contributed by atoms with van der Waals surface area (Å²) in [6.07, 6.45) is 2.58. The van der Waals surface area contributed by atoms with Crippen LogP contribution in [-0.4, -0.2) is 11.0 Å². The number of aromatic nitrogens is 1. The number of halogens is 1. The molecule has 0 spiro atoms. The Kier molecular flexibility index (Phi) is 4.56. The largest absolute Gasteiger partial charge is 0.487 e. The van der Waals surface area contributed by atoms with Crippen LogP contribution in [0.15, 0.2) is 40.9 Å². The molecule has 1 aliphatic rings. The SMILES string of the molecule is Cc1cccc(COc2ccc(Br)cc2CNC2CC2)n1. The number of rotatable bonds is 6. The van der Waals surface area contributed by atoms with Crippen molar-refractivity contribution in [1.82, 2.24) is 10.3 Å².